The van der Waals surface area contributed by atoms with Crippen molar-refractivity contribution in [2.75, 3.05) is 0 Å². The predicted octanol–water partition coefficient (Wildman–Crippen LogP) is 3.77. The van der Waals surface area contributed by atoms with Crippen molar-refractivity contribution in [3.05, 3.63) is 60.2 Å². The van der Waals surface area contributed by atoms with Gasteiger partial charge in [0.15, 0.2) is 12.2 Å². The first-order valence-corrected chi connectivity index (χ1v) is 16.0. The summed E-state index contributed by atoms with van der Waals surface area (Å²) in [5.74, 6) is -12.3. The van der Waals surface area contributed by atoms with Gasteiger partial charge in [-0.1, -0.05) is 77.1 Å². The van der Waals surface area contributed by atoms with Crippen molar-refractivity contribution in [3.63, 3.8) is 0 Å². The lowest BCUT2D eigenvalue weighted by Gasteiger charge is -2.44. The smallest absolute Gasteiger partial charge is 0.341 e. The van der Waals surface area contributed by atoms with E-state index in [1.54, 1.807) is 6.08 Å². The Bertz CT molecular complexity index is 1390. The van der Waals surface area contributed by atoms with E-state index in [2.05, 4.69) is 6.58 Å². The molecule has 2 heterocycles. The molecule has 10 atom stereocenters. The highest BCUT2D eigenvalue weighted by molar-refractivity contribution is 5.93. The minimum atomic E-state index is -3.05. The van der Waals surface area contributed by atoms with Gasteiger partial charge in [0, 0.05) is 25.3 Å². The summed E-state index contributed by atoms with van der Waals surface area (Å²) in [4.78, 5) is 62.8. The van der Waals surface area contributed by atoms with Crippen LogP contribution in [0.4, 0.5) is 0 Å². The largest absolute Gasteiger partial charge is 0.481 e. The number of aliphatic hydroxyl groups excluding tert-OH is 1. The normalized spacial score (nSPS) is 29.0. The van der Waals surface area contributed by atoms with E-state index in [4.69, 9.17) is 18.9 Å². The Hall–Kier alpha value is -4.07. The van der Waals surface area contributed by atoms with Gasteiger partial charge in [-0.25, -0.2) is 14.4 Å². The van der Waals surface area contributed by atoms with Gasteiger partial charge in [0.2, 0.25) is 11.4 Å². The fourth-order valence-corrected chi connectivity index (χ4v) is 6.56. The van der Waals surface area contributed by atoms with Crippen molar-refractivity contribution in [2.24, 2.45) is 23.7 Å². The summed E-state index contributed by atoms with van der Waals surface area (Å²) in [6, 6.07) is 9.39. The third-order valence-electron chi connectivity index (χ3n) is 9.12. The van der Waals surface area contributed by atoms with Gasteiger partial charge in [-0.15, -0.1) is 0 Å². The third-order valence-corrected chi connectivity index (χ3v) is 9.12. The lowest BCUT2D eigenvalue weighted by Crippen LogP contribution is -2.66. The van der Waals surface area contributed by atoms with Gasteiger partial charge in [0.05, 0.1) is 0 Å². The predicted molar refractivity (Wildman–Crippen MR) is 169 cm³/mol. The fourth-order valence-electron chi connectivity index (χ4n) is 6.56. The number of carbonyl (C=O) groups excluding carboxylic acids is 2. The van der Waals surface area contributed by atoms with E-state index in [0.29, 0.717) is 17.9 Å². The number of ether oxygens (including phenoxy) is 4. The number of benzene rings is 1. The number of hydrogen-bond donors (Lipinski definition) is 4. The van der Waals surface area contributed by atoms with Crippen molar-refractivity contribution >= 4 is 29.8 Å². The minimum absolute atomic E-state index is 0.0665. The molecule has 0 aromatic heterocycles. The first-order valence-electron chi connectivity index (χ1n) is 16.0. The van der Waals surface area contributed by atoms with Gasteiger partial charge in [-0.3, -0.25) is 9.59 Å². The standard InChI is InChI=1S/C35H46O13/c1-7-19(2)17-20(3)13-14-25(37)46-30-29(38)34(47-28(32(41)42)26(31(39)40)35(30,48-34)33(43)44)16-15-21(4)27(45-23(6)36)22(5)18-24-11-9-8-10-12-24/h8-14,19-20,22,26-30,38H,4,7,15-18H2,1-3,5-6H3,(H,39,40)(H,41,42)(H,43,44)/b14-13+/t19?,20?,22?,26-,27?,28-,29+,30+,34-,35-/m0/s1. The molecule has 2 bridgehead atoms. The second-order valence-corrected chi connectivity index (χ2v) is 12.9. The molecule has 2 fully saturated rings. The van der Waals surface area contributed by atoms with Crippen LogP contribution in [0.3, 0.4) is 0 Å². The summed E-state index contributed by atoms with van der Waals surface area (Å²) in [5, 5.41) is 42.1. The molecular weight excluding hydrogens is 628 g/mol. The highest BCUT2D eigenvalue weighted by Crippen LogP contribution is 2.54. The maximum absolute atomic E-state index is 13.0. The number of carboxylic acids is 3. The topological polar surface area (TPSA) is 203 Å². The molecule has 2 aliphatic rings. The first-order chi connectivity index (χ1) is 22.5. The molecule has 0 aliphatic carbocycles. The number of aliphatic hydroxyl groups is 1. The SMILES string of the molecule is C=C(CC[C@]12O[C@H](C(=O)O)[C@@H](C(=O)O)[C@](C(=O)O)(O1)[C@H](OC(=O)/C=C/C(C)CC(C)CC)[C@H]2O)C(OC(C)=O)C(C)Cc1ccccc1. The van der Waals surface area contributed by atoms with Crippen LogP contribution >= 0.6 is 0 Å². The Kier molecular flexibility index (Phi) is 12.7. The van der Waals surface area contributed by atoms with Gasteiger partial charge in [0.25, 0.3) is 0 Å². The number of allylic oxidation sites excluding steroid dienone is 1. The average Bonchev–Trinajstić information content (AvgIpc) is 3.20. The quantitative estimate of drug-likeness (QED) is 0.106. The first kappa shape index (κ1) is 38.4. The van der Waals surface area contributed by atoms with Crippen molar-refractivity contribution in [3.8, 4) is 0 Å². The number of carbonyl (C=O) groups is 5. The summed E-state index contributed by atoms with van der Waals surface area (Å²) >= 11 is 0. The van der Waals surface area contributed by atoms with E-state index in [1.165, 1.54) is 6.92 Å². The van der Waals surface area contributed by atoms with E-state index in [9.17, 15) is 44.4 Å². The maximum Gasteiger partial charge on any atom is 0.341 e. The molecule has 48 heavy (non-hydrogen) atoms. The van der Waals surface area contributed by atoms with Crippen molar-refractivity contribution in [1.29, 1.82) is 0 Å². The van der Waals surface area contributed by atoms with Crippen LogP contribution in [0.5, 0.6) is 0 Å². The van der Waals surface area contributed by atoms with Crippen LogP contribution < -0.4 is 0 Å². The minimum Gasteiger partial charge on any atom is -0.481 e. The molecular formula is C35H46O13. The summed E-state index contributed by atoms with van der Waals surface area (Å²) in [6.45, 7) is 13.1. The van der Waals surface area contributed by atoms with Crippen molar-refractivity contribution < 1.29 is 63.3 Å². The molecule has 1 aromatic carbocycles. The zero-order valence-corrected chi connectivity index (χ0v) is 27.9. The molecule has 0 amide bonds. The zero-order valence-electron chi connectivity index (χ0n) is 27.9. The molecule has 2 aliphatic heterocycles. The molecule has 4 unspecified atom stereocenters. The molecule has 0 spiro atoms. The maximum atomic E-state index is 13.0. The van der Waals surface area contributed by atoms with Crippen LogP contribution in [0.2, 0.25) is 0 Å². The monoisotopic (exact) mass is 674 g/mol. The summed E-state index contributed by atoms with van der Waals surface area (Å²) in [6.07, 6.45) is -3.35. The Morgan fingerprint density at radius 3 is 2.23 bits per heavy atom. The molecule has 0 saturated carbocycles. The van der Waals surface area contributed by atoms with Crippen molar-refractivity contribution in [2.45, 2.75) is 103 Å². The van der Waals surface area contributed by atoms with E-state index in [0.717, 1.165) is 24.5 Å². The number of fused-ring (bicyclic) bond motifs is 2. The third kappa shape index (κ3) is 8.31. The van der Waals surface area contributed by atoms with E-state index in [1.807, 2.05) is 58.0 Å². The number of hydrogen-bond acceptors (Lipinski definition) is 10. The number of carboxylic acid groups (broad SMARTS) is 3. The van der Waals surface area contributed by atoms with Crippen LogP contribution in [0.15, 0.2) is 54.6 Å². The van der Waals surface area contributed by atoms with Crippen LogP contribution in [0.25, 0.3) is 0 Å². The molecule has 13 nitrogen and oxygen atoms in total. The Balaban J connectivity index is 1.97. The molecule has 2 saturated heterocycles. The van der Waals surface area contributed by atoms with E-state index in [-0.39, 0.29) is 18.3 Å². The molecule has 13 heteroatoms. The summed E-state index contributed by atoms with van der Waals surface area (Å²) in [7, 11) is 0. The highest BCUT2D eigenvalue weighted by atomic mass is 16.8. The van der Waals surface area contributed by atoms with Gasteiger partial charge in [-0.2, -0.15) is 0 Å². The zero-order chi connectivity index (χ0) is 36.0. The lowest BCUT2D eigenvalue weighted by atomic mass is 9.78. The van der Waals surface area contributed by atoms with E-state index >= 15 is 0 Å². The second-order valence-electron chi connectivity index (χ2n) is 12.9. The van der Waals surface area contributed by atoms with Crippen LogP contribution in [-0.2, 0) is 49.3 Å². The second kappa shape index (κ2) is 15.9. The van der Waals surface area contributed by atoms with Gasteiger partial charge >= 0.3 is 29.8 Å². The van der Waals surface area contributed by atoms with Crippen LogP contribution in [0.1, 0.15) is 65.9 Å². The van der Waals surface area contributed by atoms with Crippen LogP contribution in [-0.4, -0.2) is 86.1 Å². The fraction of sp³-hybridized carbons (Fsp3) is 0.571. The van der Waals surface area contributed by atoms with Gasteiger partial charge < -0.3 is 39.4 Å². The van der Waals surface area contributed by atoms with E-state index < -0.39 is 78.0 Å². The molecule has 264 valence electrons. The number of rotatable bonds is 17. The molecule has 4 N–H and O–H groups in total. The summed E-state index contributed by atoms with van der Waals surface area (Å²) in [5.41, 5.74) is -1.77. The summed E-state index contributed by atoms with van der Waals surface area (Å²) < 4.78 is 22.5. The Morgan fingerprint density at radius 2 is 1.69 bits per heavy atom. The molecule has 1 aromatic rings. The Labute approximate surface area is 279 Å². The molecule has 3 rings (SSSR count). The van der Waals surface area contributed by atoms with Gasteiger partial charge in [-0.05, 0) is 42.2 Å². The lowest BCUT2D eigenvalue weighted by molar-refractivity contribution is -0.342. The molecule has 0 radical (unpaired) electrons. The number of aliphatic carboxylic acids is 3. The van der Waals surface area contributed by atoms with Gasteiger partial charge in [0.1, 0.15) is 18.1 Å². The highest BCUT2D eigenvalue weighted by Gasteiger charge is 2.79. The van der Waals surface area contributed by atoms with Crippen molar-refractivity contribution in [1.82, 2.24) is 0 Å². The Morgan fingerprint density at radius 1 is 1.04 bits per heavy atom. The average molecular weight is 675 g/mol. The number of esters is 2. The van der Waals surface area contributed by atoms with Crippen LogP contribution in [0, 0.1) is 23.7 Å².